The number of hydrogen-bond acceptors (Lipinski definition) is 1. The molecule has 48 valence electrons. The molecule has 0 amide bonds. The van der Waals surface area contributed by atoms with Crippen LogP contribution in [0.5, 0.6) is 0 Å². The molecule has 0 aromatic heterocycles. The summed E-state index contributed by atoms with van der Waals surface area (Å²) in [4.78, 5) is 21.6. The van der Waals surface area contributed by atoms with Crippen molar-refractivity contribution in [3.8, 4) is 0 Å². The third-order valence-electron chi connectivity index (χ3n) is 0. The molecular weight excluding hydrogens is 185 g/mol. The Morgan fingerprint density at radius 3 is 1.12 bits per heavy atom. The fourth-order valence-corrected chi connectivity index (χ4v) is 0. The van der Waals surface area contributed by atoms with Crippen LogP contribution in [0.3, 0.4) is 0 Å². The Labute approximate surface area is 80.1 Å². The van der Waals surface area contributed by atoms with E-state index in [0.717, 1.165) is 0 Å². The van der Waals surface area contributed by atoms with Crippen molar-refractivity contribution in [2.75, 3.05) is 0 Å². The predicted molar refractivity (Wildman–Crippen MR) is 31.4 cm³/mol. The van der Waals surface area contributed by atoms with Crippen molar-refractivity contribution in [1.82, 2.24) is 0 Å². The zero-order valence-corrected chi connectivity index (χ0v) is 4.55. The second-order valence-corrected chi connectivity index (χ2v) is 1.54. The molecule has 0 spiro atoms. The van der Waals surface area contributed by atoms with Crippen LogP contribution in [0.2, 0.25) is 0 Å². The Morgan fingerprint density at radius 2 is 1.12 bits per heavy atom. The van der Waals surface area contributed by atoms with Crippen molar-refractivity contribution in [2.45, 2.75) is 0 Å². The molecule has 0 aliphatic heterocycles. The van der Waals surface area contributed by atoms with Gasteiger partial charge in [0.2, 0.25) is 0 Å². The van der Waals surface area contributed by atoms with E-state index in [1.807, 2.05) is 0 Å². The van der Waals surface area contributed by atoms with Crippen LogP contribution in [0.25, 0.3) is 0 Å². The molecule has 0 unspecified atom stereocenters. The van der Waals surface area contributed by atoms with E-state index in [2.05, 4.69) is 0 Å². The van der Waals surface area contributed by atoms with Gasteiger partial charge in [0.25, 0.3) is 0 Å². The molecule has 0 saturated carbocycles. The van der Waals surface area contributed by atoms with Gasteiger partial charge in [-0.3, -0.25) is 0 Å². The molecule has 4 nitrogen and oxygen atoms in total. The Hall–Kier alpha value is 1.76. The fraction of sp³-hybridized carbons (Fsp3) is 0. The molecule has 0 bridgehead atoms. The average Bonchev–Trinajstić information content (AvgIpc) is 0.722. The SMILES string of the molecule is O=P(O)(O)O.[AlH3].[Fe].[LiH]. The first-order valence-electron chi connectivity index (χ1n) is 0.783. The number of rotatable bonds is 0. The summed E-state index contributed by atoms with van der Waals surface area (Å²) < 4.78 is 8.88. The van der Waals surface area contributed by atoms with Gasteiger partial charge in [-0.2, -0.15) is 0 Å². The van der Waals surface area contributed by atoms with Crippen molar-refractivity contribution in [1.29, 1.82) is 0 Å². The van der Waals surface area contributed by atoms with Crippen molar-refractivity contribution in [3.63, 3.8) is 0 Å². The standard InChI is InChI=1S/Al.Fe.Li.H3O4P.4H/c;;;1-5(2,3)4;;;;/h;;;(H3,1,2,3,4);;;;. The van der Waals surface area contributed by atoms with Crippen LogP contribution < -0.4 is 0 Å². The molecule has 0 aromatic rings. The summed E-state index contributed by atoms with van der Waals surface area (Å²) in [7, 11) is -4.64. The molecule has 0 fully saturated rings. The van der Waals surface area contributed by atoms with Crippen molar-refractivity contribution in [3.05, 3.63) is 0 Å². The van der Waals surface area contributed by atoms with Gasteiger partial charge in [-0.25, -0.2) is 4.57 Å². The quantitative estimate of drug-likeness (QED) is 0.287. The zero-order valence-electron chi connectivity index (χ0n) is 2.55. The van der Waals surface area contributed by atoms with E-state index in [-0.39, 0.29) is 53.3 Å². The topological polar surface area (TPSA) is 77.8 Å². The van der Waals surface area contributed by atoms with E-state index in [1.165, 1.54) is 0 Å². The summed E-state index contributed by atoms with van der Waals surface area (Å²) in [5, 5.41) is 0. The first-order chi connectivity index (χ1) is 2.00. The number of phosphoric acid groups is 1. The minimum absolute atomic E-state index is 0. The van der Waals surface area contributed by atoms with E-state index < -0.39 is 7.82 Å². The maximum absolute atomic E-state index is 8.88. The summed E-state index contributed by atoms with van der Waals surface area (Å²) in [5.41, 5.74) is 0. The monoisotopic (exact) mass is 192 g/mol. The molecule has 0 atom stereocenters. The molecule has 0 heterocycles. The Morgan fingerprint density at radius 1 is 1.12 bits per heavy atom. The molecule has 0 saturated heterocycles. The second-order valence-electron chi connectivity index (χ2n) is 0.513. The third-order valence-corrected chi connectivity index (χ3v) is 0. The Kier molecular flexibility index (Phi) is 24.7. The minimum atomic E-state index is -4.64. The Bertz CT molecular complexity index is 62.2. The molecular formula is H7AlFeLiO4P. The van der Waals surface area contributed by atoms with Crippen LogP contribution in [-0.4, -0.2) is 50.9 Å². The molecule has 0 aliphatic carbocycles. The molecule has 0 rings (SSSR count). The summed E-state index contributed by atoms with van der Waals surface area (Å²) in [5.74, 6) is 0. The van der Waals surface area contributed by atoms with E-state index in [0.29, 0.717) is 0 Å². The van der Waals surface area contributed by atoms with Gasteiger partial charge in [0, 0.05) is 17.1 Å². The molecule has 0 aliphatic rings. The van der Waals surface area contributed by atoms with Crippen LogP contribution >= 0.6 is 7.82 Å². The van der Waals surface area contributed by atoms with Crippen molar-refractivity contribution in [2.24, 2.45) is 0 Å². The number of hydrogen-bond donors (Lipinski definition) is 3. The van der Waals surface area contributed by atoms with Crippen LogP contribution in [0.15, 0.2) is 0 Å². The summed E-state index contributed by atoms with van der Waals surface area (Å²) in [6, 6.07) is 0. The van der Waals surface area contributed by atoms with E-state index in [9.17, 15) is 0 Å². The van der Waals surface area contributed by atoms with Gasteiger partial charge in [-0.1, -0.05) is 0 Å². The van der Waals surface area contributed by atoms with Gasteiger partial charge in [-0.15, -0.1) is 0 Å². The average molecular weight is 192 g/mol. The van der Waals surface area contributed by atoms with Crippen molar-refractivity contribution < 1.29 is 36.3 Å². The van der Waals surface area contributed by atoms with Crippen LogP contribution in [0.1, 0.15) is 0 Å². The predicted octanol–water partition coefficient (Wildman–Crippen LogP) is -2.76. The van der Waals surface area contributed by atoms with E-state index >= 15 is 0 Å². The first-order valence-corrected chi connectivity index (χ1v) is 2.35. The van der Waals surface area contributed by atoms with Gasteiger partial charge in [0.15, 0.2) is 17.4 Å². The van der Waals surface area contributed by atoms with Crippen LogP contribution in [0.4, 0.5) is 0 Å². The normalized spacial score (nSPS) is 7.38. The second kappa shape index (κ2) is 8.76. The first kappa shape index (κ1) is 22.6. The maximum atomic E-state index is 8.88. The Balaban J connectivity index is -0.0000000267. The summed E-state index contributed by atoms with van der Waals surface area (Å²) in [6.45, 7) is 0. The summed E-state index contributed by atoms with van der Waals surface area (Å²) >= 11 is 0. The van der Waals surface area contributed by atoms with Gasteiger partial charge < -0.3 is 14.7 Å². The van der Waals surface area contributed by atoms with Crippen LogP contribution in [0, 0.1) is 0 Å². The fourth-order valence-electron chi connectivity index (χ4n) is 0. The molecule has 0 aromatic carbocycles. The van der Waals surface area contributed by atoms with Gasteiger partial charge in [0.05, 0.1) is 0 Å². The molecule has 8 heavy (non-hydrogen) atoms. The zero-order chi connectivity index (χ0) is 4.50. The van der Waals surface area contributed by atoms with E-state index in [4.69, 9.17) is 19.2 Å². The van der Waals surface area contributed by atoms with E-state index in [1.54, 1.807) is 0 Å². The van der Waals surface area contributed by atoms with Crippen LogP contribution in [-0.2, 0) is 21.6 Å². The third kappa shape index (κ3) is 115. The summed E-state index contributed by atoms with van der Waals surface area (Å²) in [6.07, 6.45) is 0. The van der Waals surface area contributed by atoms with Gasteiger partial charge >= 0.3 is 26.7 Å². The molecule has 3 N–H and O–H groups in total. The van der Waals surface area contributed by atoms with Gasteiger partial charge in [-0.05, 0) is 0 Å². The van der Waals surface area contributed by atoms with Gasteiger partial charge in [0.1, 0.15) is 0 Å². The molecule has 8 heteroatoms. The van der Waals surface area contributed by atoms with Crippen molar-refractivity contribution >= 4 is 44.0 Å². The molecule has 0 radical (unpaired) electrons.